The Morgan fingerprint density at radius 2 is 2.24 bits per heavy atom. The Balaban J connectivity index is 1.45. The summed E-state index contributed by atoms with van der Waals surface area (Å²) in [5.41, 5.74) is -0.0889. The van der Waals surface area contributed by atoms with Crippen molar-refractivity contribution in [1.29, 1.82) is 0 Å². The van der Waals surface area contributed by atoms with Crippen molar-refractivity contribution >= 4 is 17.7 Å². The van der Waals surface area contributed by atoms with Crippen LogP contribution < -0.4 is 5.32 Å². The molecule has 3 rings (SSSR count). The second kappa shape index (κ2) is 6.36. The number of hydrogen-bond donors (Lipinski definition) is 2. The van der Waals surface area contributed by atoms with Gasteiger partial charge in [0.2, 0.25) is 5.91 Å². The van der Waals surface area contributed by atoms with E-state index in [-0.39, 0.29) is 17.9 Å². The molecule has 1 amide bonds. The van der Waals surface area contributed by atoms with Crippen LogP contribution in [0.3, 0.4) is 0 Å². The number of amides is 1. The van der Waals surface area contributed by atoms with Crippen LogP contribution in [0.15, 0.2) is 11.5 Å². The highest BCUT2D eigenvalue weighted by atomic mass is 32.2. The molecule has 0 bridgehead atoms. The summed E-state index contributed by atoms with van der Waals surface area (Å²) >= 11 is 1.43. The first-order chi connectivity index (χ1) is 10.2. The van der Waals surface area contributed by atoms with Gasteiger partial charge in [0.15, 0.2) is 5.16 Å². The third-order valence-corrected chi connectivity index (χ3v) is 5.43. The molecule has 0 unspecified atom stereocenters. The molecule has 2 saturated carbocycles. The molecule has 2 aliphatic rings. The fourth-order valence-electron chi connectivity index (χ4n) is 2.92. The van der Waals surface area contributed by atoms with E-state index in [1.165, 1.54) is 24.6 Å². The fraction of sp³-hybridized carbons (Fsp3) is 0.786. The summed E-state index contributed by atoms with van der Waals surface area (Å²) in [4.78, 5) is 12.0. The summed E-state index contributed by atoms with van der Waals surface area (Å²) in [6.07, 6.45) is 8.41. The van der Waals surface area contributed by atoms with Gasteiger partial charge < -0.3 is 15.0 Å². The lowest BCUT2D eigenvalue weighted by atomic mass is 9.87. The summed E-state index contributed by atoms with van der Waals surface area (Å²) in [6, 6.07) is 0.529. The molecule has 0 aromatic carbocycles. The SMILES string of the molecule is O=C(CSc1nncn1C1CC1)NCC1(CO)CCCC1. The molecular weight excluding hydrogens is 288 g/mol. The van der Waals surface area contributed by atoms with Gasteiger partial charge in [-0.05, 0) is 25.7 Å². The molecule has 6 nitrogen and oxygen atoms in total. The number of thioether (sulfide) groups is 1. The Bertz CT molecular complexity index is 495. The lowest BCUT2D eigenvalue weighted by Gasteiger charge is -2.26. The maximum atomic E-state index is 12.0. The Labute approximate surface area is 128 Å². The van der Waals surface area contributed by atoms with Crippen LogP contribution in [-0.4, -0.2) is 44.7 Å². The van der Waals surface area contributed by atoms with Gasteiger partial charge in [-0.25, -0.2) is 0 Å². The van der Waals surface area contributed by atoms with E-state index < -0.39 is 0 Å². The number of carbonyl (C=O) groups excluding carboxylic acids is 1. The van der Waals surface area contributed by atoms with Crippen LogP contribution in [0.2, 0.25) is 0 Å². The molecule has 2 aliphatic carbocycles. The highest BCUT2D eigenvalue weighted by molar-refractivity contribution is 7.99. The summed E-state index contributed by atoms with van der Waals surface area (Å²) in [7, 11) is 0. The van der Waals surface area contributed by atoms with Crippen LogP contribution in [0.1, 0.15) is 44.6 Å². The van der Waals surface area contributed by atoms with Gasteiger partial charge >= 0.3 is 0 Å². The molecule has 0 aliphatic heterocycles. The molecule has 0 atom stereocenters. The third kappa shape index (κ3) is 3.58. The molecule has 116 valence electrons. The highest BCUT2D eigenvalue weighted by Crippen LogP contribution is 2.38. The number of aromatic nitrogens is 3. The lowest BCUT2D eigenvalue weighted by molar-refractivity contribution is -0.119. The predicted molar refractivity (Wildman–Crippen MR) is 80.0 cm³/mol. The molecule has 0 spiro atoms. The van der Waals surface area contributed by atoms with Crippen LogP contribution >= 0.6 is 11.8 Å². The average molecular weight is 310 g/mol. The zero-order chi connectivity index (χ0) is 14.7. The number of nitrogens with one attached hydrogen (secondary N) is 1. The van der Waals surface area contributed by atoms with Crippen LogP contribution in [0.25, 0.3) is 0 Å². The number of hydrogen-bond acceptors (Lipinski definition) is 5. The number of nitrogens with zero attached hydrogens (tertiary/aromatic N) is 3. The van der Waals surface area contributed by atoms with Gasteiger partial charge in [0.25, 0.3) is 0 Å². The summed E-state index contributed by atoms with van der Waals surface area (Å²) in [5.74, 6) is 0.359. The van der Waals surface area contributed by atoms with Gasteiger partial charge in [-0.3, -0.25) is 4.79 Å². The maximum Gasteiger partial charge on any atom is 0.230 e. The van der Waals surface area contributed by atoms with Gasteiger partial charge in [0.05, 0.1) is 12.4 Å². The Morgan fingerprint density at radius 1 is 1.48 bits per heavy atom. The molecule has 2 N–H and O–H groups in total. The zero-order valence-electron chi connectivity index (χ0n) is 12.1. The van der Waals surface area contributed by atoms with Crippen molar-refractivity contribution in [2.45, 2.75) is 49.7 Å². The Hall–Kier alpha value is -1.08. The fourth-order valence-corrected chi connectivity index (χ4v) is 3.73. The van der Waals surface area contributed by atoms with E-state index in [1.54, 1.807) is 6.33 Å². The molecule has 21 heavy (non-hydrogen) atoms. The molecule has 7 heteroatoms. The van der Waals surface area contributed by atoms with Crippen molar-refractivity contribution in [3.63, 3.8) is 0 Å². The topological polar surface area (TPSA) is 80.0 Å². The van der Waals surface area contributed by atoms with Crippen molar-refractivity contribution in [1.82, 2.24) is 20.1 Å². The van der Waals surface area contributed by atoms with Crippen molar-refractivity contribution < 1.29 is 9.90 Å². The minimum absolute atomic E-state index is 0.00470. The summed E-state index contributed by atoms with van der Waals surface area (Å²) in [5, 5.41) is 21.3. The van der Waals surface area contributed by atoms with Crippen LogP contribution in [-0.2, 0) is 4.79 Å². The molecule has 2 fully saturated rings. The predicted octanol–water partition coefficient (Wildman–Crippen LogP) is 1.37. The maximum absolute atomic E-state index is 12.0. The average Bonchev–Trinajstić information content (AvgIpc) is 3.05. The molecule has 1 aromatic heterocycles. The van der Waals surface area contributed by atoms with E-state index in [4.69, 9.17) is 0 Å². The number of aliphatic hydroxyl groups excluding tert-OH is 1. The first-order valence-corrected chi connectivity index (χ1v) is 8.61. The minimum Gasteiger partial charge on any atom is -0.396 e. The highest BCUT2D eigenvalue weighted by Gasteiger charge is 2.33. The van der Waals surface area contributed by atoms with Gasteiger partial charge in [-0.15, -0.1) is 10.2 Å². The van der Waals surface area contributed by atoms with Gasteiger partial charge in [-0.2, -0.15) is 0 Å². The Kier molecular flexibility index (Phi) is 4.49. The van der Waals surface area contributed by atoms with Gasteiger partial charge in [0, 0.05) is 18.0 Å². The van der Waals surface area contributed by atoms with Gasteiger partial charge in [-0.1, -0.05) is 24.6 Å². The molecule has 0 saturated heterocycles. The molecule has 1 heterocycles. The van der Waals surface area contributed by atoms with E-state index in [1.807, 2.05) is 0 Å². The van der Waals surface area contributed by atoms with Crippen molar-refractivity contribution in [3.05, 3.63) is 6.33 Å². The molecular formula is C14H22N4O2S. The number of rotatable bonds is 7. The van der Waals surface area contributed by atoms with Crippen molar-refractivity contribution in [3.8, 4) is 0 Å². The number of carbonyl (C=O) groups is 1. The third-order valence-electron chi connectivity index (χ3n) is 4.47. The second-order valence-corrected chi connectivity index (χ2v) is 7.13. The second-order valence-electron chi connectivity index (χ2n) is 6.18. The first-order valence-electron chi connectivity index (χ1n) is 7.62. The van der Waals surface area contributed by atoms with E-state index in [2.05, 4.69) is 20.1 Å². The normalized spacial score (nSPS) is 20.6. The van der Waals surface area contributed by atoms with E-state index >= 15 is 0 Å². The number of aliphatic hydroxyl groups is 1. The van der Waals surface area contributed by atoms with E-state index in [0.29, 0.717) is 18.3 Å². The largest absolute Gasteiger partial charge is 0.396 e. The van der Waals surface area contributed by atoms with Crippen molar-refractivity contribution in [2.24, 2.45) is 5.41 Å². The first kappa shape index (κ1) is 14.8. The minimum atomic E-state index is -0.0889. The summed E-state index contributed by atoms with van der Waals surface area (Å²) < 4.78 is 2.06. The van der Waals surface area contributed by atoms with Gasteiger partial charge in [0.1, 0.15) is 6.33 Å². The van der Waals surface area contributed by atoms with E-state index in [9.17, 15) is 9.90 Å². The van der Waals surface area contributed by atoms with Crippen LogP contribution in [0.5, 0.6) is 0 Å². The van der Waals surface area contributed by atoms with Crippen LogP contribution in [0, 0.1) is 5.41 Å². The van der Waals surface area contributed by atoms with Crippen LogP contribution in [0.4, 0.5) is 0 Å². The lowest BCUT2D eigenvalue weighted by Crippen LogP contribution is -2.39. The smallest absolute Gasteiger partial charge is 0.230 e. The standard InChI is InChI=1S/C14H22N4O2S/c19-9-14(5-1-2-6-14)8-15-12(20)7-21-13-17-16-10-18(13)11-3-4-11/h10-11,19H,1-9H2,(H,15,20). The zero-order valence-corrected chi connectivity index (χ0v) is 12.9. The summed E-state index contributed by atoms with van der Waals surface area (Å²) in [6.45, 7) is 0.745. The van der Waals surface area contributed by atoms with E-state index in [0.717, 1.165) is 30.8 Å². The Morgan fingerprint density at radius 3 is 2.90 bits per heavy atom. The monoisotopic (exact) mass is 310 g/mol. The molecule has 0 radical (unpaired) electrons. The quantitative estimate of drug-likeness (QED) is 0.744. The van der Waals surface area contributed by atoms with Crippen molar-refractivity contribution in [2.75, 3.05) is 18.9 Å². The molecule has 1 aromatic rings.